The van der Waals surface area contributed by atoms with Crippen LogP contribution in [0.15, 0.2) is 0 Å². The van der Waals surface area contributed by atoms with Gasteiger partial charge in [0.05, 0.1) is 18.8 Å². The third-order valence-corrected chi connectivity index (χ3v) is 3.90. The van der Waals surface area contributed by atoms with Gasteiger partial charge in [-0.15, -0.1) is 0 Å². The van der Waals surface area contributed by atoms with Gasteiger partial charge in [0.1, 0.15) is 0 Å². The molecule has 0 aromatic rings. The Balaban J connectivity index is 1.69. The molecule has 2 heterocycles. The van der Waals surface area contributed by atoms with Gasteiger partial charge >= 0.3 is 0 Å². The van der Waals surface area contributed by atoms with Gasteiger partial charge in [-0.1, -0.05) is 13.3 Å². The van der Waals surface area contributed by atoms with E-state index in [1.807, 2.05) is 6.92 Å². The molecule has 0 aliphatic carbocycles. The number of nitrogens with zero attached hydrogens (tertiary/aromatic N) is 1. The summed E-state index contributed by atoms with van der Waals surface area (Å²) in [5.41, 5.74) is 5.77. The van der Waals surface area contributed by atoms with Crippen molar-refractivity contribution in [2.45, 2.75) is 50.8 Å². The molecule has 0 aromatic carbocycles. The highest BCUT2D eigenvalue weighted by molar-refractivity contribution is 5.81. The van der Waals surface area contributed by atoms with Crippen LogP contribution in [0.25, 0.3) is 0 Å². The molecule has 0 spiro atoms. The van der Waals surface area contributed by atoms with Crippen LogP contribution in [0.5, 0.6) is 0 Å². The fourth-order valence-corrected chi connectivity index (χ4v) is 2.80. The number of hydrogen-bond donors (Lipinski definition) is 2. The van der Waals surface area contributed by atoms with E-state index in [1.54, 1.807) is 0 Å². The molecule has 18 heavy (non-hydrogen) atoms. The van der Waals surface area contributed by atoms with Gasteiger partial charge in [-0.3, -0.25) is 9.69 Å². The van der Waals surface area contributed by atoms with Gasteiger partial charge in [-0.2, -0.15) is 0 Å². The summed E-state index contributed by atoms with van der Waals surface area (Å²) in [4.78, 5) is 14.2. The summed E-state index contributed by atoms with van der Waals surface area (Å²) in [7, 11) is 0. The molecule has 1 amide bonds. The van der Waals surface area contributed by atoms with Crippen LogP contribution in [0.3, 0.4) is 0 Å². The summed E-state index contributed by atoms with van der Waals surface area (Å²) in [5.74, 6) is -0.0519. The summed E-state index contributed by atoms with van der Waals surface area (Å²) in [6, 6.07) is 0.234. The molecule has 2 saturated heterocycles. The number of nitrogens with two attached hydrogens (primary N) is 1. The smallest absolute Gasteiger partial charge is 0.237 e. The van der Waals surface area contributed by atoms with Crippen LogP contribution < -0.4 is 11.1 Å². The Bertz CT molecular complexity index is 285. The highest BCUT2D eigenvalue weighted by Gasteiger charge is 2.32. The maximum absolute atomic E-state index is 11.7. The van der Waals surface area contributed by atoms with Crippen molar-refractivity contribution in [3.05, 3.63) is 0 Å². The number of carbonyl (C=O) groups is 1. The molecular formula is C13H25N3O2. The van der Waals surface area contributed by atoms with Gasteiger partial charge in [0.2, 0.25) is 5.91 Å². The zero-order chi connectivity index (χ0) is 13.0. The fraction of sp³-hybridized carbons (Fsp3) is 0.923. The Labute approximate surface area is 109 Å². The summed E-state index contributed by atoms with van der Waals surface area (Å²) >= 11 is 0. The lowest BCUT2D eigenvalue weighted by Crippen LogP contribution is -2.51. The van der Waals surface area contributed by atoms with Crippen molar-refractivity contribution in [3.63, 3.8) is 0 Å². The molecule has 2 rings (SSSR count). The Morgan fingerprint density at radius 2 is 2.44 bits per heavy atom. The van der Waals surface area contributed by atoms with Crippen LogP contribution in [0.4, 0.5) is 0 Å². The third-order valence-electron chi connectivity index (χ3n) is 3.90. The van der Waals surface area contributed by atoms with Gasteiger partial charge in [0, 0.05) is 19.1 Å². The van der Waals surface area contributed by atoms with Gasteiger partial charge in [-0.05, 0) is 25.8 Å². The standard InChI is InChI=1S/C13H25N3O2/c1-2-4-12(14)13(17)15-7-11-8-16-6-3-5-10(16)9-18-11/h10-12H,2-9,14H2,1H3,(H,15,17)/t10?,11?,12-/m0/s1. The molecule has 0 radical (unpaired) electrons. The number of hydrogen-bond acceptors (Lipinski definition) is 4. The van der Waals surface area contributed by atoms with E-state index in [1.165, 1.54) is 19.4 Å². The summed E-state index contributed by atoms with van der Waals surface area (Å²) < 4.78 is 5.78. The minimum absolute atomic E-state index is 0.0519. The molecule has 2 fully saturated rings. The topological polar surface area (TPSA) is 67.6 Å². The quantitative estimate of drug-likeness (QED) is 0.731. The average Bonchev–Trinajstić information content (AvgIpc) is 2.83. The van der Waals surface area contributed by atoms with Crippen molar-refractivity contribution in [2.75, 3.05) is 26.2 Å². The van der Waals surface area contributed by atoms with Crippen LogP contribution in [-0.4, -0.2) is 55.2 Å². The lowest BCUT2D eigenvalue weighted by atomic mass is 10.1. The number of morpholine rings is 1. The molecule has 2 aliphatic rings. The summed E-state index contributed by atoms with van der Waals surface area (Å²) in [6.45, 7) is 5.54. The molecule has 5 nitrogen and oxygen atoms in total. The van der Waals surface area contributed by atoms with E-state index in [9.17, 15) is 4.79 Å². The third kappa shape index (κ3) is 3.43. The minimum Gasteiger partial charge on any atom is -0.373 e. The molecule has 104 valence electrons. The number of fused-ring (bicyclic) bond motifs is 1. The largest absolute Gasteiger partial charge is 0.373 e. The van der Waals surface area contributed by atoms with E-state index in [4.69, 9.17) is 10.5 Å². The van der Waals surface area contributed by atoms with Crippen molar-refractivity contribution in [2.24, 2.45) is 5.73 Å². The first-order valence-corrected chi connectivity index (χ1v) is 7.09. The summed E-state index contributed by atoms with van der Waals surface area (Å²) in [5, 5.41) is 2.90. The zero-order valence-corrected chi connectivity index (χ0v) is 11.2. The second-order valence-electron chi connectivity index (χ2n) is 5.39. The number of rotatable bonds is 5. The first-order chi connectivity index (χ1) is 8.70. The van der Waals surface area contributed by atoms with Crippen LogP contribution in [-0.2, 0) is 9.53 Å². The Morgan fingerprint density at radius 3 is 3.22 bits per heavy atom. The van der Waals surface area contributed by atoms with Crippen molar-refractivity contribution < 1.29 is 9.53 Å². The molecule has 0 aromatic heterocycles. The molecule has 2 unspecified atom stereocenters. The van der Waals surface area contributed by atoms with E-state index >= 15 is 0 Å². The maximum Gasteiger partial charge on any atom is 0.237 e. The van der Waals surface area contributed by atoms with Gasteiger partial charge < -0.3 is 15.8 Å². The molecule has 0 bridgehead atoms. The first-order valence-electron chi connectivity index (χ1n) is 7.09. The van der Waals surface area contributed by atoms with Gasteiger partial charge in [0.15, 0.2) is 0 Å². The van der Waals surface area contributed by atoms with Crippen molar-refractivity contribution in [1.29, 1.82) is 0 Å². The maximum atomic E-state index is 11.7. The summed E-state index contributed by atoms with van der Waals surface area (Å²) in [6.07, 6.45) is 4.32. The Morgan fingerprint density at radius 1 is 1.61 bits per heavy atom. The molecule has 3 atom stereocenters. The SMILES string of the molecule is CCC[C@H](N)C(=O)NCC1CN2CCCC2CO1. The number of amides is 1. The second-order valence-corrected chi connectivity index (χ2v) is 5.39. The first kappa shape index (κ1) is 13.8. The second kappa shape index (κ2) is 6.50. The predicted octanol–water partition coefficient (Wildman–Crippen LogP) is 0.0932. The van der Waals surface area contributed by atoms with Crippen LogP contribution in [0, 0.1) is 0 Å². The van der Waals surface area contributed by atoms with E-state index in [0.29, 0.717) is 12.6 Å². The lowest BCUT2D eigenvalue weighted by Gasteiger charge is -2.35. The zero-order valence-electron chi connectivity index (χ0n) is 11.2. The normalized spacial score (nSPS) is 29.9. The van der Waals surface area contributed by atoms with Gasteiger partial charge in [0.25, 0.3) is 0 Å². The number of ether oxygens (including phenoxy) is 1. The molecule has 0 saturated carbocycles. The van der Waals surface area contributed by atoms with Crippen LogP contribution in [0.1, 0.15) is 32.6 Å². The van der Waals surface area contributed by atoms with Crippen LogP contribution in [0.2, 0.25) is 0 Å². The fourth-order valence-electron chi connectivity index (χ4n) is 2.80. The molecule has 2 aliphatic heterocycles. The van der Waals surface area contributed by atoms with Crippen molar-refractivity contribution >= 4 is 5.91 Å². The predicted molar refractivity (Wildman–Crippen MR) is 70.2 cm³/mol. The van der Waals surface area contributed by atoms with Crippen molar-refractivity contribution in [1.82, 2.24) is 10.2 Å². The van der Waals surface area contributed by atoms with E-state index in [-0.39, 0.29) is 18.1 Å². The van der Waals surface area contributed by atoms with E-state index in [2.05, 4.69) is 10.2 Å². The Kier molecular flexibility index (Phi) is 4.97. The highest BCUT2D eigenvalue weighted by atomic mass is 16.5. The van der Waals surface area contributed by atoms with Gasteiger partial charge in [-0.25, -0.2) is 0 Å². The molecular weight excluding hydrogens is 230 g/mol. The highest BCUT2D eigenvalue weighted by Crippen LogP contribution is 2.22. The molecule has 3 N–H and O–H groups in total. The Hall–Kier alpha value is -0.650. The average molecular weight is 255 g/mol. The van der Waals surface area contributed by atoms with Crippen molar-refractivity contribution in [3.8, 4) is 0 Å². The monoisotopic (exact) mass is 255 g/mol. The molecule has 5 heteroatoms. The lowest BCUT2D eigenvalue weighted by molar-refractivity contribution is -0.124. The number of carbonyl (C=O) groups excluding carboxylic acids is 1. The number of nitrogens with one attached hydrogen (secondary N) is 1. The minimum atomic E-state index is -0.377. The van der Waals surface area contributed by atoms with E-state index in [0.717, 1.165) is 26.0 Å². The van der Waals surface area contributed by atoms with Crippen LogP contribution >= 0.6 is 0 Å². The van der Waals surface area contributed by atoms with E-state index < -0.39 is 0 Å².